The highest BCUT2D eigenvalue weighted by Gasteiger charge is 2.29. The normalized spacial score (nSPS) is 23.9. The van der Waals surface area contributed by atoms with E-state index in [0.29, 0.717) is 0 Å². The second-order valence-corrected chi connectivity index (χ2v) is 8.32. The van der Waals surface area contributed by atoms with E-state index in [1.54, 1.807) is 16.0 Å². The molecule has 104 valence electrons. The SMILES string of the molecule is CN1Cc2cc(C(C)(C)C)cc3c2C(CCCS3)C1. The van der Waals surface area contributed by atoms with Crippen LogP contribution in [0.5, 0.6) is 0 Å². The van der Waals surface area contributed by atoms with E-state index in [4.69, 9.17) is 0 Å². The van der Waals surface area contributed by atoms with Crippen LogP contribution in [0.3, 0.4) is 0 Å². The molecule has 1 unspecified atom stereocenters. The highest BCUT2D eigenvalue weighted by atomic mass is 32.2. The van der Waals surface area contributed by atoms with Crippen molar-refractivity contribution in [2.75, 3.05) is 19.3 Å². The molecule has 0 saturated carbocycles. The third kappa shape index (κ3) is 2.57. The van der Waals surface area contributed by atoms with Crippen molar-refractivity contribution < 1.29 is 0 Å². The van der Waals surface area contributed by atoms with Crippen LogP contribution < -0.4 is 0 Å². The average Bonchev–Trinajstić information content (AvgIpc) is 2.51. The molecule has 0 spiro atoms. The number of likely N-dealkylation sites (N-methyl/N-ethyl adjacent to an activating group) is 1. The molecule has 3 rings (SSSR count). The first-order valence-electron chi connectivity index (χ1n) is 7.44. The van der Waals surface area contributed by atoms with Crippen molar-refractivity contribution in [2.45, 2.75) is 56.4 Å². The number of benzene rings is 1. The average molecular weight is 275 g/mol. The van der Waals surface area contributed by atoms with Crippen LogP contribution in [-0.2, 0) is 12.0 Å². The van der Waals surface area contributed by atoms with E-state index in [1.165, 1.54) is 30.7 Å². The maximum absolute atomic E-state index is 2.50. The summed E-state index contributed by atoms with van der Waals surface area (Å²) >= 11 is 2.09. The van der Waals surface area contributed by atoms with Crippen LogP contribution >= 0.6 is 11.8 Å². The van der Waals surface area contributed by atoms with E-state index in [9.17, 15) is 0 Å². The lowest BCUT2D eigenvalue weighted by Crippen LogP contribution is -2.31. The van der Waals surface area contributed by atoms with Crippen molar-refractivity contribution in [3.63, 3.8) is 0 Å². The van der Waals surface area contributed by atoms with Gasteiger partial charge in [-0.05, 0) is 59.7 Å². The zero-order valence-corrected chi connectivity index (χ0v) is 13.4. The largest absolute Gasteiger partial charge is 0.301 e. The fourth-order valence-corrected chi connectivity index (χ4v) is 4.60. The Labute approximate surface area is 121 Å². The van der Waals surface area contributed by atoms with E-state index in [1.807, 2.05) is 0 Å². The van der Waals surface area contributed by atoms with Gasteiger partial charge in [0.05, 0.1) is 0 Å². The minimum Gasteiger partial charge on any atom is -0.301 e. The Morgan fingerprint density at radius 3 is 2.79 bits per heavy atom. The molecule has 1 aromatic rings. The molecule has 2 heterocycles. The predicted molar refractivity (Wildman–Crippen MR) is 84.2 cm³/mol. The molecule has 2 aliphatic rings. The molecular weight excluding hydrogens is 250 g/mol. The molecule has 1 nitrogen and oxygen atoms in total. The molecule has 0 amide bonds. The monoisotopic (exact) mass is 275 g/mol. The van der Waals surface area contributed by atoms with Crippen molar-refractivity contribution in [3.05, 3.63) is 28.8 Å². The third-order valence-electron chi connectivity index (χ3n) is 4.43. The van der Waals surface area contributed by atoms with Crippen LogP contribution in [0.1, 0.15) is 56.2 Å². The first-order chi connectivity index (χ1) is 8.95. The van der Waals surface area contributed by atoms with Gasteiger partial charge in [-0.1, -0.05) is 26.8 Å². The van der Waals surface area contributed by atoms with Gasteiger partial charge in [0.1, 0.15) is 0 Å². The summed E-state index contributed by atoms with van der Waals surface area (Å²) in [4.78, 5) is 4.08. The second-order valence-electron chi connectivity index (χ2n) is 7.18. The van der Waals surface area contributed by atoms with Gasteiger partial charge in [0.15, 0.2) is 0 Å². The van der Waals surface area contributed by atoms with Crippen LogP contribution in [0.25, 0.3) is 0 Å². The summed E-state index contributed by atoms with van der Waals surface area (Å²) in [7, 11) is 2.27. The Hall–Kier alpha value is -0.470. The van der Waals surface area contributed by atoms with Gasteiger partial charge in [0, 0.05) is 18.0 Å². The van der Waals surface area contributed by atoms with Gasteiger partial charge in [0.25, 0.3) is 0 Å². The van der Waals surface area contributed by atoms with Gasteiger partial charge in [-0.2, -0.15) is 0 Å². The highest BCUT2D eigenvalue weighted by Crippen LogP contribution is 2.43. The van der Waals surface area contributed by atoms with Crippen molar-refractivity contribution in [2.24, 2.45) is 0 Å². The fourth-order valence-electron chi connectivity index (χ4n) is 3.40. The summed E-state index contributed by atoms with van der Waals surface area (Å²) in [6.07, 6.45) is 2.73. The molecule has 0 saturated heterocycles. The van der Waals surface area contributed by atoms with E-state index >= 15 is 0 Å². The van der Waals surface area contributed by atoms with Gasteiger partial charge in [0.2, 0.25) is 0 Å². The van der Waals surface area contributed by atoms with Crippen molar-refractivity contribution in [1.29, 1.82) is 0 Å². The molecule has 0 aromatic heterocycles. The van der Waals surface area contributed by atoms with Crippen LogP contribution in [0.4, 0.5) is 0 Å². The number of thioether (sulfide) groups is 1. The molecule has 1 aromatic carbocycles. The van der Waals surface area contributed by atoms with Crippen LogP contribution in [0.2, 0.25) is 0 Å². The minimum absolute atomic E-state index is 0.254. The van der Waals surface area contributed by atoms with Gasteiger partial charge < -0.3 is 4.90 Å². The molecule has 0 aliphatic carbocycles. The predicted octanol–water partition coefficient (Wildman–Crippen LogP) is 4.40. The standard InChI is InChI=1S/C17H25NS/c1-17(2,3)14-8-13-11-18(4)10-12-6-5-7-19-15(9-14)16(12)13/h8-9,12H,5-7,10-11H2,1-4H3. The van der Waals surface area contributed by atoms with Crippen LogP contribution in [0.15, 0.2) is 17.0 Å². The first-order valence-corrected chi connectivity index (χ1v) is 8.42. The molecule has 1 atom stereocenters. The van der Waals surface area contributed by atoms with Gasteiger partial charge >= 0.3 is 0 Å². The van der Waals surface area contributed by atoms with Gasteiger partial charge in [-0.3, -0.25) is 0 Å². The molecule has 0 N–H and O–H groups in total. The zero-order chi connectivity index (χ0) is 13.6. The summed E-state index contributed by atoms with van der Waals surface area (Å²) in [6, 6.07) is 4.96. The Morgan fingerprint density at radius 1 is 1.26 bits per heavy atom. The van der Waals surface area contributed by atoms with Crippen molar-refractivity contribution in [1.82, 2.24) is 4.90 Å². The fraction of sp³-hybridized carbons (Fsp3) is 0.647. The third-order valence-corrected chi connectivity index (χ3v) is 5.57. The summed E-state index contributed by atoms with van der Waals surface area (Å²) in [5.41, 5.74) is 5.04. The molecule has 2 heteroatoms. The zero-order valence-electron chi connectivity index (χ0n) is 12.6. The number of rotatable bonds is 0. The maximum atomic E-state index is 2.50. The lowest BCUT2D eigenvalue weighted by molar-refractivity contribution is 0.272. The van der Waals surface area contributed by atoms with Crippen molar-refractivity contribution >= 4 is 11.8 Å². The quantitative estimate of drug-likeness (QED) is 0.690. The van der Waals surface area contributed by atoms with Gasteiger partial charge in [-0.15, -0.1) is 11.8 Å². The molecule has 0 fully saturated rings. The second kappa shape index (κ2) is 4.82. The maximum Gasteiger partial charge on any atom is 0.0234 e. The number of hydrogen-bond donors (Lipinski definition) is 0. The molecule has 0 bridgehead atoms. The Balaban J connectivity index is 2.14. The number of hydrogen-bond acceptors (Lipinski definition) is 2. The smallest absolute Gasteiger partial charge is 0.0234 e. The first kappa shape index (κ1) is 13.5. The van der Waals surface area contributed by atoms with Gasteiger partial charge in [-0.25, -0.2) is 0 Å². The summed E-state index contributed by atoms with van der Waals surface area (Å²) in [5.74, 6) is 2.06. The number of nitrogens with zero attached hydrogens (tertiary/aromatic N) is 1. The summed E-state index contributed by atoms with van der Waals surface area (Å²) in [6.45, 7) is 9.35. The summed E-state index contributed by atoms with van der Waals surface area (Å²) in [5, 5.41) is 0. The lowest BCUT2D eigenvalue weighted by atomic mass is 9.81. The van der Waals surface area contributed by atoms with E-state index in [2.05, 4.69) is 56.6 Å². The molecule has 19 heavy (non-hydrogen) atoms. The highest BCUT2D eigenvalue weighted by molar-refractivity contribution is 7.99. The van der Waals surface area contributed by atoms with Crippen LogP contribution in [0, 0.1) is 0 Å². The Kier molecular flexibility index (Phi) is 3.43. The van der Waals surface area contributed by atoms with E-state index in [-0.39, 0.29) is 5.41 Å². The molecular formula is C17H25NS. The van der Waals surface area contributed by atoms with E-state index < -0.39 is 0 Å². The van der Waals surface area contributed by atoms with Crippen molar-refractivity contribution in [3.8, 4) is 0 Å². The van der Waals surface area contributed by atoms with E-state index in [0.717, 1.165) is 12.5 Å². The lowest BCUT2D eigenvalue weighted by Gasteiger charge is -2.34. The minimum atomic E-state index is 0.254. The molecule has 0 radical (unpaired) electrons. The van der Waals surface area contributed by atoms with Crippen LogP contribution in [-0.4, -0.2) is 24.2 Å². The topological polar surface area (TPSA) is 3.24 Å². The Bertz CT molecular complexity index is 487. The summed E-state index contributed by atoms with van der Waals surface area (Å²) < 4.78 is 0. The molecule has 2 aliphatic heterocycles. The Morgan fingerprint density at radius 2 is 2.05 bits per heavy atom.